The molecule has 1 fully saturated rings. The molecule has 0 saturated carbocycles. The standard InChI is InChI=1S/C17H17F4N3O2/c18-10-1-2-12(13(19)7-10)15-8-14(23-26-15)17(25)22-11-3-5-24(6-4-11)9-16(20)21/h1-2,7-8,11,16H,3-6,9H2,(H,22,25). The molecule has 0 aliphatic carbocycles. The number of hydrogen-bond donors (Lipinski definition) is 1. The molecule has 3 rings (SSSR count). The van der Waals surface area contributed by atoms with Gasteiger partial charge in [-0.1, -0.05) is 5.16 Å². The first-order chi connectivity index (χ1) is 12.4. The maximum atomic E-state index is 13.8. The predicted octanol–water partition coefficient (Wildman–Crippen LogP) is 3.08. The highest BCUT2D eigenvalue weighted by Crippen LogP contribution is 2.24. The Balaban J connectivity index is 1.59. The molecule has 1 aliphatic heterocycles. The maximum Gasteiger partial charge on any atom is 0.273 e. The molecule has 1 saturated heterocycles. The van der Waals surface area contributed by atoms with Crippen LogP contribution in [0, 0.1) is 11.6 Å². The number of piperidine rings is 1. The summed E-state index contributed by atoms with van der Waals surface area (Å²) in [7, 11) is 0. The molecule has 9 heteroatoms. The van der Waals surface area contributed by atoms with E-state index in [1.165, 1.54) is 12.1 Å². The summed E-state index contributed by atoms with van der Waals surface area (Å²) in [6.07, 6.45) is -1.27. The summed E-state index contributed by atoms with van der Waals surface area (Å²) < 4.78 is 56.4. The molecule has 1 N–H and O–H groups in total. The number of nitrogens with zero attached hydrogens (tertiary/aromatic N) is 2. The van der Waals surface area contributed by atoms with Crippen LogP contribution in [-0.2, 0) is 0 Å². The molecule has 1 aliphatic rings. The second kappa shape index (κ2) is 7.86. The Hall–Kier alpha value is -2.42. The van der Waals surface area contributed by atoms with Gasteiger partial charge < -0.3 is 9.84 Å². The van der Waals surface area contributed by atoms with Crippen LogP contribution in [0.4, 0.5) is 17.6 Å². The summed E-state index contributed by atoms with van der Waals surface area (Å²) in [6.45, 7) is 0.677. The molecule has 140 valence electrons. The van der Waals surface area contributed by atoms with Crippen molar-refractivity contribution in [2.45, 2.75) is 25.3 Å². The highest BCUT2D eigenvalue weighted by atomic mass is 19.3. The van der Waals surface area contributed by atoms with E-state index in [9.17, 15) is 22.4 Å². The average molecular weight is 371 g/mol. The highest BCUT2D eigenvalue weighted by molar-refractivity contribution is 5.93. The fraction of sp³-hybridized carbons (Fsp3) is 0.412. The van der Waals surface area contributed by atoms with Gasteiger partial charge in [-0.25, -0.2) is 17.6 Å². The van der Waals surface area contributed by atoms with E-state index >= 15 is 0 Å². The van der Waals surface area contributed by atoms with Crippen LogP contribution in [0.15, 0.2) is 28.8 Å². The third-order valence-electron chi connectivity index (χ3n) is 4.26. The first-order valence-electron chi connectivity index (χ1n) is 8.16. The molecule has 0 radical (unpaired) electrons. The van der Waals surface area contributed by atoms with Crippen molar-refractivity contribution in [1.82, 2.24) is 15.4 Å². The van der Waals surface area contributed by atoms with Gasteiger partial charge in [-0.2, -0.15) is 0 Å². The van der Waals surface area contributed by atoms with Crippen molar-refractivity contribution in [3.8, 4) is 11.3 Å². The van der Waals surface area contributed by atoms with Gasteiger partial charge in [-0.05, 0) is 25.0 Å². The first-order valence-corrected chi connectivity index (χ1v) is 8.16. The Bertz CT molecular complexity index is 773. The second-order valence-corrected chi connectivity index (χ2v) is 6.14. The largest absolute Gasteiger partial charge is 0.355 e. The highest BCUT2D eigenvalue weighted by Gasteiger charge is 2.24. The average Bonchev–Trinajstić information content (AvgIpc) is 3.06. The SMILES string of the molecule is O=C(NC1CCN(CC(F)F)CC1)c1cc(-c2ccc(F)cc2F)on1. The molecular weight excluding hydrogens is 354 g/mol. The quantitative estimate of drug-likeness (QED) is 0.821. The van der Waals surface area contributed by atoms with E-state index in [1.807, 2.05) is 0 Å². The van der Waals surface area contributed by atoms with Gasteiger partial charge in [0.05, 0.1) is 12.1 Å². The van der Waals surface area contributed by atoms with Crippen LogP contribution in [-0.4, -0.2) is 48.1 Å². The van der Waals surface area contributed by atoms with E-state index in [2.05, 4.69) is 10.5 Å². The van der Waals surface area contributed by atoms with E-state index < -0.39 is 24.0 Å². The minimum absolute atomic E-state index is 0.00161. The molecule has 0 bridgehead atoms. The Morgan fingerprint density at radius 2 is 2.00 bits per heavy atom. The van der Waals surface area contributed by atoms with Crippen molar-refractivity contribution in [1.29, 1.82) is 0 Å². The van der Waals surface area contributed by atoms with Gasteiger partial charge >= 0.3 is 0 Å². The number of halogens is 4. The van der Waals surface area contributed by atoms with Crippen LogP contribution in [0.5, 0.6) is 0 Å². The van der Waals surface area contributed by atoms with Gasteiger partial charge in [-0.15, -0.1) is 0 Å². The van der Waals surface area contributed by atoms with Crippen molar-refractivity contribution in [2.75, 3.05) is 19.6 Å². The number of benzene rings is 1. The lowest BCUT2D eigenvalue weighted by Crippen LogP contribution is -2.45. The molecule has 1 aromatic heterocycles. The van der Waals surface area contributed by atoms with Crippen LogP contribution in [0.3, 0.4) is 0 Å². The lowest BCUT2D eigenvalue weighted by atomic mass is 10.0. The molecule has 1 amide bonds. The molecule has 26 heavy (non-hydrogen) atoms. The summed E-state index contributed by atoms with van der Waals surface area (Å²) in [5.41, 5.74) is -0.0306. The molecule has 0 atom stereocenters. The van der Waals surface area contributed by atoms with E-state index in [-0.39, 0.29) is 29.6 Å². The number of likely N-dealkylation sites (tertiary alicyclic amines) is 1. The normalized spacial score (nSPS) is 16.2. The van der Waals surface area contributed by atoms with Gasteiger partial charge in [0.1, 0.15) is 11.6 Å². The van der Waals surface area contributed by atoms with Crippen molar-refractivity contribution in [3.05, 3.63) is 41.6 Å². The molecule has 2 aromatic rings. The number of aromatic nitrogens is 1. The monoisotopic (exact) mass is 371 g/mol. The van der Waals surface area contributed by atoms with Crippen LogP contribution in [0.2, 0.25) is 0 Å². The number of carbonyl (C=O) groups is 1. The summed E-state index contributed by atoms with van der Waals surface area (Å²) in [5.74, 6) is -2.02. The fourth-order valence-electron chi connectivity index (χ4n) is 2.91. The summed E-state index contributed by atoms with van der Waals surface area (Å²) >= 11 is 0. The zero-order chi connectivity index (χ0) is 18.7. The van der Waals surface area contributed by atoms with E-state index in [1.54, 1.807) is 4.90 Å². The van der Waals surface area contributed by atoms with Gasteiger partial charge in [0.25, 0.3) is 12.3 Å². The van der Waals surface area contributed by atoms with Crippen LogP contribution in [0.25, 0.3) is 11.3 Å². The van der Waals surface area contributed by atoms with Gasteiger partial charge in [0.15, 0.2) is 11.5 Å². The van der Waals surface area contributed by atoms with Gasteiger partial charge in [0, 0.05) is 31.3 Å². The Labute approximate surface area is 147 Å². The zero-order valence-electron chi connectivity index (χ0n) is 13.7. The Morgan fingerprint density at radius 3 is 2.65 bits per heavy atom. The number of alkyl halides is 2. The number of rotatable bonds is 5. The summed E-state index contributed by atoms with van der Waals surface area (Å²) in [4.78, 5) is 13.9. The fourth-order valence-corrected chi connectivity index (χ4v) is 2.91. The van der Waals surface area contributed by atoms with Crippen molar-refractivity contribution in [3.63, 3.8) is 0 Å². The third-order valence-corrected chi connectivity index (χ3v) is 4.26. The number of amides is 1. The lowest BCUT2D eigenvalue weighted by Gasteiger charge is -2.31. The molecule has 0 spiro atoms. The number of hydrogen-bond acceptors (Lipinski definition) is 4. The van der Waals surface area contributed by atoms with Gasteiger partial charge in [-0.3, -0.25) is 9.69 Å². The predicted molar refractivity (Wildman–Crippen MR) is 84.8 cm³/mol. The molecule has 2 heterocycles. The van der Waals surface area contributed by atoms with E-state index in [4.69, 9.17) is 4.52 Å². The lowest BCUT2D eigenvalue weighted by molar-refractivity contribution is 0.0694. The Kier molecular flexibility index (Phi) is 5.55. The maximum absolute atomic E-state index is 13.8. The second-order valence-electron chi connectivity index (χ2n) is 6.14. The smallest absolute Gasteiger partial charge is 0.273 e. The molecular formula is C17H17F4N3O2. The minimum Gasteiger partial charge on any atom is -0.355 e. The zero-order valence-corrected chi connectivity index (χ0v) is 13.7. The van der Waals surface area contributed by atoms with E-state index in [0.717, 1.165) is 6.07 Å². The van der Waals surface area contributed by atoms with E-state index in [0.29, 0.717) is 32.0 Å². The molecule has 1 aromatic carbocycles. The number of carbonyl (C=O) groups excluding carboxylic acids is 1. The first kappa shape index (κ1) is 18.4. The van der Waals surface area contributed by atoms with Crippen molar-refractivity contribution < 1.29 is 26.9 Å². The van der Waals surface area contributed by atoms with Crippen LogP contribution in [0.1, 0.15) is 23.3 Å². The number of nitrogens with one attached hydrogen (secondary N) is 1. The summed E-state index contributed by atoms with van der Waals surface area (Å²) in [6, 6.07) is 4.11. The molecule has 5 nitrogen and oxygen atoms in total. The third kappa shape index (κ3) is 4.40. The topological polar surface area (TPSA) is 58.4 Å². The van der Waals surface area contributed by atoms with Gasteiger partial charge in [0.2, 0.25) is 0 Å². The van der Waals surface area contributed by atoms with Crippen LogP contribution >= 0.6 is 0 Å². The van der Waals surface area contributed by atoms with Crippen LogP contribution < -0.4 is 5.32 Å². The Morgan fingerprint density at radius 1 is 1.27 bits per heavy atom. The summed E-state index contributed by atoms with van der Waals surface area (Å²) in [5, 5.41) is 6.39. The van der Waals surface area contributed by atoms with Crippen molar-refractivity contribution >= 4 is 5.91 Å². The minimum atomic E-state index is -2.37. The van der Waals surface area contributed by atoms with Crippen molar-refractivity contribution in [2.24, 2.45) is 0 Å². The molecule has 0 unspecified atom stereocenters.